The second kappa shape index (κ2) is 4.56. The molecule has 0 aromatic rings. The van der Waals surface area contributed by atoms with Gasteiger partial charge in [0.1, 0.15) is 0 Å². The average Bonchev–Trinajstić information content (AvgIpc) is 2.20. The number of aliphatic carboxylic acids is 2. The predicted molar refractivity (Wildman–Crippen MR) is 58.0 cm³/mol. The van der Waals surface area contributed by atoms with Crippen molar-refractivity contribution in [2.75, 3.05) is 0 Å². The molecule has 0 fully saturated rings. The van der Waals surface area contributed by atoms with Crippen molar-refractivity contribution in [2.24, 2.45) is 5.41 Å². The molecule has 1 aliphatic rings. The Bertz CT molecular complexity index is 442. The van der Waals surface area contributed by atoms with Crippen molar-refractivity contribution in [1.29, 1.82) is 0 Å². The highest BCUT2D eigenvalue weighted by Gasteiger charge is 2.49. The van der Waals surface area contributed by atoms with Crippen molar-refractivity contribution in [2.45, 2.75) is 19.8 Å². The number of carboxylic acid groups (broad SMARTS) is 2. The quantitative estimate of drug-likeness (QED) is 0.839. The molecule has 4 nitrogen and oxygen atoms in total. The number of rotatable bonds is 3. The molecule has 0 radical (unpaired) electrons. The summed E-state index contributed by atoms with van der Waals surface area (Å²) in [7, 11) is 0. The van der Waals surface area contributed by atoms with Crippen LogP contribution in [0, 0.1) is 5.41 Å². The normalized spacial score (nSPS) is 24.9. The molecule has 94 valence electrons. The Kier molecular flexibility index (Phi) is 3.71. The van der Waals surface area contributed by atoms with Gasteiger partial charge in [-0.05, 0) is 28.4 Å². The fourth-order valence-corrected chi connectivity index (χ4v) is 2.07. The van der Waals surface area contributed by atoms with Crippen LogP contribution in [-0.2, 0) is 9.59 Å². The second-order valence-corrected chi connectivity index (χ2v) is 4.54. The first kappa shape index (κ1) is 13.8. The van der Waals surface area contributed by atoms with Crippen LogP contribution in [0.15, 0.2) is 21.7 Å². The van der Waals surface area contributed by atoms with Crippen molar-refractivity contribution in [3.8, 4) is 0 Å². The maximum atomic E-state index is 12.9. The van der Waals surface area contributed by atoms with Gasteiger partial charge in [-0.3, -0.25) is 4.79 Å². The van der Waals surface area contributed by atoms with Crippen LogP contribution in [0.2, 0.25) is 0 Å². The Hall–Kier alpha value is -1.24. The summed E-state index contributed by atoms with van der Waals surface area (Å²) >= 11 is 2.96. The maximum absolute atomic E-state index is 12.9. The minimum absolute atomic E-state index is 0.155. The van der Waals surface area contributed by atoms with E-state index in [2.05, 4.69) is 15.9 Å². The molecule has 17 heavy (non-hydrogen) atoms. The van der Waals surface area contributed by atoms with Crippen LogP contribution in [0.4, 0.5) is 8.78 Å². The summed E-state index contributed by atoms with van der Waals surface area (Å²) in [6, 6.07) is 0. The van der Waals surface area contributed by atoms with E-state index in [1.54, 1.807) is 0 Å². The van der Waals surface area contributed by atoms with Gasteiger partial charge in [-0.1, -0.05) is 6.08 Å². The summed E-state index contributed by atoms with van der Waals surface area (Å²) in [5.74, 6) is -3.14. The van der Waals surface area contributed by atoms with E-state index < -0.39 is 30.2 Å². The number of halogens is 3. The fourth-order valence-electron chi connectivity index (χ4n) is 1.65. The first-order valence-electron chi connectivity index (χ1n) is 4.55. The maximum Gasteiger partial charge on any atom is 0.332 e. The zero-order chi connectivity index (χ0) is 13.4. The van der Waals surface area contributed by atoms with E-state index in [-0.39, 0.29) is 15.6 Å². The topological polar surface area (TPSA) is 74.6 Å². The smallest absolute Gasteiger partial charge is 0.332 e. The number of hydrogen-bond acceptors (Lipinski definition) is 2. The van der Waals surface area contributed by atoms with Crippen molar-refractivity contribution in [1.82, 2.24) is 0 Å². The number of alkyl halides is 2. The largest absolute Gasteiger partial charge is 0.480 e. The van der Waals surface area contributed by atoms with Crippen LogP contribution >= 0.6 is 15.9 Å². The molecule has 0 saturated heterocycles. The van der Waals surface area contributed by atoms with E-state index >= 15 is 0 Å². The van der Waals surface area contributed by atoms with Crippen LogP contribution in [0.25, 0.3) is 0 Å². The summed E-state index contributed by atoms with van der Waals surface area (Å²) in [6.07, 6.45) is -3.02. The van der Waals surface area contributed by atoms with Crippen molar-refractivity contribution in [3.05, 3.63) is 21.7 Å². The van der Waals surface area contributed by atoms with E-state index in [9.17, 15) is 18.4 Å². The first-order valence-corrected chi connectivity index (χ1v) is 5.35. The number of carbonyl (C=O) groups is 2. The van der Waals surface area contributed by atoms with Crippen molar-refractivity contribution >= 4 is 27.9 Å². The zero-order valence-corrected chi connectivity index (χ0v) is 10.3. The Morgan fingerprint density at radius 1 is 1.47 bits per heavy atom. The van der Waals surface area contributed by atoms with Gasteiger partial charge in [-0.15, -0.1) is 0 Å². The van der Waals surface area contributed by atoms with Gasteiger partial charge in [-0.25, -0.2) is 13.6 Å². The van der Waals surface area contributed by atoms with Crippen LogP contribution in [0.1, 0.15) is 13.3 Å². The summed E-state index contributed by atoms with van der Waals surface area (Å²) in [5, 5.41) is 17.8. The van der Waals surface area contributed by atoms with Crippen molar-refractivity contribution in [3.63, 3.8) is 0 Å². The molecule has 0 bridgehead atoms. The molecule has 1 unspecified atom stereocenters. The minimum Gasteiger partial charge on any atom is -0.480 e. The highest BCUT2D eigenvalue weighted by Crippen LogP contribution is 2.44. The number of carboxylic acids is 2. The summed E-state index contributed by atoms with van der Waals surface area (Å²) in [5.41, 5.74) is -2.64. The van der Waals surface area contributed by atoms with Gasteiger partial charge < -0.3 is 10.2 Å². The molecule has 0 spiro atoms. The van der Waals surface area contributed by atoms with Crippen LogP contribution in [0.5, 0.6) is 0 Å². The lowest BCUT2D eigenvalue weighted by atomic mass is 9.76. The third-order valence-corrected chi connectivity index (χ3v) is 3.70. The molecular formula is C10H9BrF2O4. The average molecular weight is 311 g/mol. The minimum atomic E-state index is -3.18. The van der Waals surface area contributed by atoms with Gasteiger partial charge in [-0.2, -0.15) is 0 Å². The van der Waals surface area contributed by atoms with E-state index in [0.29, 0.717) is 0 Å². The highest BCUT2D eigenvalue weighted by atomic mass is 79.9. The SMILES string of the molecule is CC1=CC(C(=O)O)(C(F)F)CC(C(=O)O)=C1Br. The highest BCUT2D eigenvalue weighted by molar-refractivity contribution is 9.12. The molecule has 1 aliphatic carbocycles. The molecule has 0 amide bonds. The van der Waals surface area contributed by atoms with Gasteiger partial charge in [0.05, 0.1) is 5.57 Å². The molecule has 2 N–H and O–H groups in total. The lowest BCUT2D eigenvalue weighted by molar-refractivity contribution is -0.154. The molecule has 1 atom stereocenters. The first-order chi connectivity index (χ1) is 7.72. The van der Waals surface area contributed by atoms with E-state index in [4.69, 9.17) is 10.2 Å². The van der Waals surface area contributed by atoms with Crippen molar-refractivity contribution < 1.29 is 28.6 Å². The molecule has 0 aromatic carbocycles. The number of allylic oxidation sites excluding steroid dienone is 2. The Labute approximate surface area is 104 Å². The molecule has 7 heteroatoms. The molecule has 0 aromatic heterocycles. The van der Waals surface area contributed by atoms with Gasteiger partial charge in [0.15, 0.2) is 5.41 Å². The van der Waals surface area contributed by atoms with Crippen LogP contribution in [-0.4, -0.2) is 28.6 Å². The molecule has 0 saturated carbocycles. The van der Waals surface area contributed by atoms with Gasteiger partial charge in [0.25, 0.3) is 6.43 Å². The van der Waals surface area contributed by atoms with Crippen LogP contribution in [0.3, 0.4) is 0 Å². The Morgan fingerprint density at radius 2 is 2.00 bits per heavy atom. The Balaban J connectivity index is 3.37. The third-order valence-electron chi connectivity index (χ3n) is 2.60. The van der Waals surface area contributed by atoms with Gasteiger partial charge in [0.2, 0.25) is 0 Å². The predicted octanol–water partition coefficient (Wildman–Crippen LogP) is 2.41. The molecule has 0 heterocycles. The van der Waals surface area contributed by atoms with E-state index in [1.165, 1.54) is 6.92 Å². The standard InChI is InChI=1S/C10H9BrF2O4/c1-4-2-10(8(12)13,9(16)17)3-5(6(4)11)7(14)15/h2,8H,3H2,1H3,(H,14,15)(H,16,17). The zero-order valence-electron chi connectivity index (χ0n) is 8.71. The monoisotopic (exact) mass is 310 g/mol. The summed E-state index contributed by atoms with van der Waals surface area (Å²) in [6.45, 7) is 1.38. The number of hydrogen-bond donors (Lipinski definition) is 2. The van der Waals surface area contributed by atoms with Gasteiger partial charge in [0, 0.05) is 10.9 Å². The fraction of sp³-hybridized carbons (Fsp3) is 0.400. The second-order valence-electron chi connectivity index (χ2n) is 3.75. The van der Waals surface area contributed by atoms with Gasteiger partial charge >= 0.3 is 11.9 Å². The van der Waals surface area contributed by atoms with Crippen LogP contribution < -0.4 is 0 Å². The van der Waals surface area contributed by atoms with E-state index in [0.717, 1.165) is 6.08 Å². The summed E-state index contributed by atoms with van der Waals surface area (Å²) in [4.78, 5) is 21.9. The molecule has 0 aliphatic heterocycles. The lowest BCUT2D eigenvalue weighted by Gasteiger charge is -2.30. The van der Waals surface area contributed by atoms with E-state index in [1.807, 2.05) is 0 Å². The molecule has 1 rings (SSSR count). The third kappa shape index (κ3) is 2.24. The summed E-state index contributed by atoms with van der Waals surface area (Å²) < 4.78 is 26.0. The molecular weight excluding hydrogens is 302 g/mol. The Morgan fingerprint density at radius 3 is 2.35 bits per heavy atom. The lowest BCUT2D eigenvalue weighted by Crippen LogP contribution is -2.39.